The summed E-state index contributed by atoms with van der Waals surface area (Å²) < 4.78 is 0. The van der Waals surface area contributed by atoms with Gasteiger partial charge in [0.2, 0.25) is 0 Å². The molecule has 115 valence electrons. The number of aromatic nitrogens is 8. The van der Waals surface area contributed by atoms with Gasteiger partial charge in [-0.1, -0.05) is 0 Å². The molecule has 8 nitrogen and oxygen atoms in total. The summed E-state index contributed by atoms with van der Waals surface area (Å²) in [6.07, 6.45) is 20.3. The number of hydrogen-bond donors (Lipinski definition) is 4. The Bertz CT molecular complexity index is 356. The molecule has 4 aromatic heterocycles. The molecular formula is C12H16CuN8. The second kappa shape index (κ2) is 15.4. The Morgan fingerprint density at radius 2 is 0.667 bits per heavy atom. The molecule has 0 saturated heterocycles. The molecule has 0 saturated carbocycles. The topological polar surface area (TPSA) is 115 Å². The molecule has 21 heavy (non-hydrogen) atoms. The van der Waals surface area contributed by atoms with Crippen LogP contribution in [-0.2, 0) is 17.1 Å². The Balaban J connectivity index is 0.000000250. The average Bonchev–Trinajstić information content (AvgIpc) is 3.40. The van der Waals surface area contributed by atoms with Gasteiger partial charge >= 0.3 is 0 Å². The fourth-order valence-electron chi connectivity index (χ4n) is 0.861. The zero-order valence-electron chi connectivity index (χ0n) is 11.0. The quantitative estimate of drug-likeness (QED) is 0.366. The Morgan fingerprint density at radius 1 is 0.429 bits per heavy atom. The van der Waals surface area contributed by atoms with Gasteiger partial charge in [0, 0.05) is 66.6 Å². The third-order valence-electron chi connectivity index (χ3n) is 1.62. The third kappa shape index (κ3) is 13.6. The normalized spacial score (nSPS) is 7.62. The number of rotatable bonds is 0. The Hall–Kier alpha value is -2.64. The van der Waals surface area contributed by atoms with Gasteiger partial charge in [0.1, 0.15) is 0 Å². The van der Waals surface area contributed by atoms with E-state index in [1.54, 1.807) is 74.9 Å². The number of nitrogens with zero attached hydrogens (tertiary/aromatic N) is 4. The predicted octanol–water partition coefficient (Wildman–Crippen LogP) is 1.64. The van der Waals surface area contributed by atoms with Crippen molar-refractivity contribution in [3.8, 4) is 0 Å². The molecule has 0 spiro atoms. The maximum absolute atomic E-state index is 3.67. The van der Waals surface area contributed by atoms with E-state index in [2.05, 4.69) is 39.9 Å². The van der Waals surface area contributed by atoms with Crippen LogP contribution in [0.3, 0.4) is 0 Å². The minimum atomic E-state index is 0. The van der Waals surface area contributed by atoms with Gasteiger partial charge in [-0.2, -0.15) is 0 Å². The molecule has 0 unspecified atom stereocenters. The van der Waals surface area contributed by atoms with Crippen molar-refractivity contribution in [2.45, 2.75) is 0 Å². The van der Waals surface area contributed by atoms with Gasteiger partial charge in [-0.15, -0.1) is 0 Å². The third-order valence-corrected chi connectivity index (χ3v) is 1.62. The average molecular weight is 336 g/mol. The van der Waals surface area contributed by atoms with Crippen molar-refractivity contribution in [1.29, 1.82) is 0 Å². The molecule has 4 heterocycles. The second-order valence-corrected chi connectivity index (χ2v) is 3.04. The molecule has 0 aliphatic carbocycles. The summed E-state index contributed by atoms with van der Waals surface area (Å²) in [5, 5.41) is 0. The summed E-state index contributed by atoms with van der Waals surface area (Å²) in [7, 11) is 0. The monoisotopic (exact) mass is 335 g/mol. The molecule has 1 radical (unpaired) electrons. The Labute approximate surface area is 132 Å². The summed E-state index contributed by atoms with van der Waals surface area (Å²) in [5.74, 6) is 0. The Kier molecular flexibility index (Phi) is 13.5. The molecule has 0 atom stereocenters. The first-order valence-corrected chi connectivity index (χ1v) is 5.71. The fraction of sp³-hybridized carbons (Fsp3) is 0. The SMILES string of the molecule is [Cu].c1c[nH]cn1.c1c[nH]cn1.c1c[nH]cn1.c1c[nH]cn1. The van der Waals surface area contributed by atoms with E-state index in [1.165, 1.54) is 0 Å². The molecule has 9 heteroatoms. The molecule has 0 bridgehead atoms. The molecule has 0 aliphatic rings. The molecule has 0 fully saturated rings. The van der Waals surface area contributed by atoms with Crippen LogP contribution in [0.5, 0.6) is 0 Å². The number of nitrogens with one attached hydrogen (secondary N) is 4. The largest absolute Gasteiger partial charge is 0.351 e. The fourth-order valence-corrected chi connectivity index (χ4v) is 0.861. The van der Waals surface area contributed by atoms with E-state index >= 15 is 0 Å². The van der Waals surface area contributed by atoms with Crippen molar-refractivity contribution in [3.05, 3.63) is 74.9 Å². The van der Waals surface area contributed by atoms with E-state index in [9.17, 15) is 0 Å². The smallest absolute Gasteiger partial charge is 0.0919 e. The van der Waals surface area contributed by atoms with Gasteiger partial charge in [-0.05, 0) is 0 Å². The summed E-state index contributed by atoms with van der Waals surface area (Å²) in [6, 6.07) is 0. The maximum atomic E-state index is 3.67. The van der Waals surface area contributed by atoms with Crippen molar-refractivity contribution < 1.29 is 17.1 Å². The van der Waals surface area contributed by atoms with Crippen LogP contribution in [0, 0.1) is 0 Å². The standard InChI is InChI=1S/4C3H4N2.Cu/c4*1-2-5-3-4-1;/h4*1-3H,(H,4,5);. The number of aromatic amines is 4. The molecular weight excluding hydrogens is 320 g/mol. The second-order valence-electron chi connectivity index (χ2n) is 3.04. The van der Waals surface area contributed by atoms with Crippen LogP contribution in [0.1, 0.15) is 0 Å². The first-order valence-electron chi connectivity index (χ1n) is 5.71. The van der Waals surface area contributed by atoms with Crippen molar-refractivity contribution in [1.82, 2.24) is 39.9 Å². The van der Waals surface area contributed by atoms with E-state index in [1.807, 2.05) is 0 Å². The molecule has 0 aliphatic heterocycles. The first-order chi connectivity index (χ1) is 10.0. The summed E-state index contributed by atoms with van der Waals surface area (Å²) in [6.45, 7) is 0. The van der Waals surface area contributed by atoms with Gasteiger partial charge in [0.25, 0.3) is 0 Å². The summed E-state index contributed by atoms with van der Waals surface area (Å²) >= 11 is 0. The van der Waals surface area contributed by atoms with Crippen LogP contribution in [0.2, 0.25) is 0 Å². The van der Waals surface area contributed by atoms with Gasteiger partial charge in [-0.25, -0.2) is 19.9 Å². The van der Waals surface area contributed by atoms with Crippen LogP contribution < -0.4 is 0 Å². The van der Waals surface area contributed by atoms with Gasteiger partial charge in [0.05, 0.1) is 25.3 Å². The van der Waals surface area contributed by atoms with Gasteiger partial charge in [-0.3, -0.25) is 0 Å². The van der Waals surface area contributed by atoms with E-state index in [0.717, 1.165) is 0 Å². The van der Waals surface area contributed by atoms with E-state index in [-0.39, 0.29) is 17.1 Å². The molecule has 0 aromatic carbocycles. The van der Waals surface area contributed by atoms with Crippen LogP contribution in [0.25, 0.3) is 0 Å². The maximum Gasteiger partial charge on any atom is 0.0919 e. The van der Waals surface area contributed by atoms with Crippen molar-refractivity contribution >= 4 is 0 Å². The Morgan fingerprint density at radius 3 is 0.714 bits per heavy atom. The van der Waals surface area contributed by atoms with E-state index in [0.29, 0.717) is 0 Å². The minimum Gasteiger partial charge on any atom is -0.351 e. The minimum absolute atomic E-state index is 0. The molecule has 4 rings (SSSR count). The molecule has 4 aromatic rings. The number of hydrogen-bond acceptors (Lipinski definition) is 4. The molecule has 4 N–H and O–H groups in total. The van der Waals surface area contributed by atoms with Crippen LogP contribution >= 0.6 is 0 Å². The van der Waals surface area contributed by atoms with E-state index < -0.39 is 0 Å². The number of imidazole rings is 4. The zero-order valence-corrected chi connectivity index (χ0v) is 12.0. The van der Waals surface area contributed by atoms with Crippen LogP contribution in [0.4, 0.5) is 0 Å². The summed E-state index contributed by atoms with van der Waals surface area (Å²) in [4.78, 5) is 25.7. The first kappa shape index (κ1) is 18.4. The number of H-pyrrole nitrogens is 4. The van der Waals surface area contributed by atoms with Gasteiger partial charge < -0.3 is 19.9 Å². The predicted molar refractivity (Wildman–Crippen MR) is 74.4 cm³/mol. The van der Waals surface area contributed by atoms with Crippen molar-refractivity contribution in [3.63, 3.8) is 0 Å². The van der Waals surface area contributed by atoms with Crippen LogP contribution in [0.15, 0.2) is 74.9 Å². The van der Waals surface area contributed by atoms with Crippen molar-refractivity contribution in [2.24, 2.45) is 0 Å². The summed E-state index contributed by atoms with van der Waals surface area (Å²) in [5.41, 5.74) is 0. The van der Waals surface area contributed by atoms with Crippen molar-refractivity contribution in [2.75, 3.05) is 0 Å². The van der Waals surface area contributed by atoms with Gasteiger partial charge in [0.15, 0.2) is 0 Å². The van der Waals surface area contributed by atoms with Crippen LogP contribution in [-0.4, -0.2) is 39.9 Å². The van der Waals surface area contributed by atoms with E-state index in [4.69, 9.17) is 0 Å². The zero-order chi connectivity index (χ0) is 14.1. The molecule has 0 amide bonds.